The Morgan fingerprint density at radius 3 is 2.63 bits per heavy atom. The third-order valence-corrected chi connectivity index (χ3v) is 5.93. The summed E-state index contributed by atoms with van der Waals surface area (Å²) < 4.78 is 0. The van der Waals surface area contributed by atoms with Crippen LogP contribution < -0.4 is 5.32 Å². The van der Waals surface area contributed by atoms with Gasteiger partial charge in [0.25, 0.3) is 0 Å². The monoisotopic (exact) mass is 380 g/mol. The van der Waals surface area contributed by atoms with Gasteiger partial charge in [-0.3, -0.25) is 4.79 Å². The molecule has 5 nitrogen and oxygen atoms in total. The molecular formula is C21H24N4OS. The molecule has 27 heavy (non-hydrogen) atoms. The van der Waals surface area contributed by atoms with Crippen molar-refractivity contribution >= 4 is 33.3 Å². The van der Waals surface area contributed by atoms with E-state index in [4.69, 9.17) is 0 Å². The van der Waals surface area contributed by atoms with E-state index in [1.54, 1.807) is 17.7 Å². The molecule has 0 radical (unpaired) electrons. The molecule has 1 amide bonds. The largest absolute Gasteiger partial charge is 0.369 e. The first kappa shape index (κ1) is 17.9. The van der Waals surface area contributed by atoms with Gasteiger partial charge < -0.3 is 10.2 Å². The zero-order chi connectivity index (χ0) is 18.5. The van der Waals surface area contributed by atoms with Gasteiger partial charge in [0.05, 0.1) is 5.39 Å². The van der Waals surface area contributed by atoms with E-state index < -0.39 is 0 Å². The lowest BCUT2D eigenvalue weighted by Crippen LogP contribution is -2.32. The average Bonchev–Trinajstić information content (AvgIpc) is 2.95. The van der Waals surface area contributed by atoms with E-state index in [2.05, 4.69) is 32.8 Å². The highest BCUT2D eigenvalue weighted by Gasteiger charge is 2.16. The van der Waals surface area contributed by atoms with E-state index in [-0.39, 0.29) is 5.91 Å². The Hall–Kier alpha value is -2.47. The summed E-state index contributed by atoms with van der Waals surface area (Å²) >= 11 is 1.62. The first-order valence-electron chi connectivity index (χ1n) is 9.62. The molecule has 0 bridgehead atoms. The number of nitrogens with zero attached hydrogens (tertiary/aromatic N) is 3. The molecule has 3 aromatic rings. The second kappa shape index (κ2) is 8.48. The fourth-order valence-corrected chi connectivity index (χ4v) is 4.52. The Balaban J connectivity index is 1.47. The van der Waals surface area contributed by atoms with Gasteiger partial charge in [-0.1, -0.05) is 43.2 Å². The topological polar surface area (TPSA) is 58.1 Å². The molecule has 1 fully saturated rings. The first-order chi connectivity index (χ1) is 13.3. The van der Waals surface area contributed by atoms with Gasteiger partial charge in [0, 0.05) is 37.0 Å². The maximum Gasteiger partial charge on any atom is 0.224 e. The highest BCUT2D eigenvalue weighted by Crippen LogP contribution is 2.36. The van der Waals surface area contributed by atoms with Crippen LogP contribution in [0.1, 0.15) is 32.1 Å². The van der Waals surface area contributed by atoms with Crippen molar-refractivity contribution in [3.63, 3.8) is 0 Å². The van der Waals surface area contributed by atoms with Crippen molar-refractivity contribution in [1.82, 2.24) is 14.9 Å². The number of likely N-dealkylation sites (tertiary alicyclic amines) is 1. The van der Waals surface area contributed by atoms with Crippen LogP contribution in [0.25, 0.3) is 21.3 Å². The summed E-state index contributed by atoms with van der Waals surface area (Å²) in [4.78, 5) is 24.3. The standard InChI is InChI=1S/C21H24N4OS/c26-18(25-12-6-1-2-7-13-25)10-11-22-20-19-17(16-8-4-3-5-9-16)14-27-21(19)24-15-23-20/h3-5,8-9,14-15H,1-2,6-7,10-13H2,(H,22,23,24). The average molecular weight is 381 g/mol. The van der Waals surface area contributed by atoms with Crippen LogP contribution in [0, 0.1) is 0 Å². The Morgan fingerprint density at radius 2 is 1.85 bits per heavy atom. The van der Waals surface area contributed by atoms with Gasteiger partial charge in [0.2, 0.25) is 5.91 Å². The van der Waals surface area contributed by atoms with Gasteiger partial charge >= 0.3 is 0 Å². The predicted molar refractivity (Wildman–Crippen MR) is 111 cm³/mol. The van der Waals surface area contributed by atoms with Crippen molar-refractivity contribution in [1.29, 1.82) is 0 Å². The molecule has 1 aromatic carbocycles. The minimum atomic E-state index is 0.239. The van der Waals surface area contributed by atoms with E-state index in [1.807, 2.05) is 23.1 Å². The fraction of sp³-hybridized carbons (Fsp3) is 0.381. The van der Waals surface area contributed by atoms with Gasteiger partial charge in [0.15, 0.2) is 0 Å². The molecule has 0 aliphatic carbocycles. The lowest BCUT2D eigenvalue weighted by Gasteiger charge is -2.20. The molecule has 1 aliphatic rings. The van der Waals surface area contributed by atoms with Crippen LogP contribution in [0.2, 0.25) is 0 Å². The Morgan fingerprint density at radius 1 is 1.07 bits per heavy atom. The normalized spacial score (nSPS) is 14.9. The van der Waals surface area contributed by atoms with Crippen LogP contribution in [0.15, 0.2) is 42.0 Å². The number of fused-ring (bicyclic) bond motifs is 1. The lowest BCUT2D eigenvalue weighted by molar-refractivity contribution is -0.130. The summed E-state index contributed by atoms with van der Waals surface area (Å²) in [5.74, 6) is 1.05. The fourth-order valence-electron chi connectivity index (χ4n) is 3.61. The van der Waals surface area contributed by atoms with Crippen LogP contribution in [0.5, 0.6) is 0 Å². The van der Waals surface area contributed by atoms with Gasteiger partial charge in [-0.25, -0.2) is 9.97 Å². The number of thiophene rings is 1. The molecule has 3 heterocycles. The molecular weight excluding hydrogens is 356 g/mol. The summed E-state index contributed by atoms with van der Waals surface area (Å²) in [5, 5.41) is 6.54. The van der Waals surface area contributed by atoms with Crippen molar-refractivity contribution in [2.45, 2.75) is 32.1 Å². The Bertz CT molecular complexity index is 901. The van der Waals surface area contributed by atoms with Crippen molar-refractivity contribution in [3.8, 4) is 11.1 Å². The van der Waals surface area contributed by atoms with E-state index in [9.17, 15) is 4.79 Å². The summed E-state index contributed by atoms with van der Waals surface area (Å²) in [7, 11) is 0. The van der Waals surface area contributed by atoms with E-state index in [0.29, 0.717) is 13.0 Å². The first-order valence-corrected chi connectivity index (χ1v) is 10.5. The second-order valence-electron chi connectivity index (χ2n) is 6.89. The predicted octanol–water partition coefficient (Wildman–Crippen LogP) is 4.56. The van der Waals surface area contributed by atoms with E-state index in [1.165, 1.54) is 12.8 Å². The third-order valence-electron chi connectivity index (χ3n) is 5.05. The number of carbonyl (C=O) groups excluding carboxylic acids is 1. The number of aromatic nitrogens is 2. The van der Waals surface area contributed by atoms with Gasteiger partial charge in [-0.15, -0.1) is 11.3 Å². The van der Waals surface area contributed by atoms with Crippen LogP contribution in [0.4, 0.5) is 5.82 Å². The highest BCUT2D eigenvalue weighted by atomic mass is 32.1. The summed E-state index contributed by atoms with van der Waals surface area (Å²) in [5.41, 5.74) is 2.29. The molecule has 4 rings (SSSR count). The minimum Gasteiger partial charge on any atom is -0.369 e. The van der Waals surface area contributed by atoms with E-state index in [0.717, 1.165) is 53.1 Å². The highest BCUT2D eigenvalue weighted by molar-refractivity contribution is 7.17. The Kier molecular flexibility index (Phi) is 5.63. The molecule has 0 atom stereocenters. The van der Waals surface area contributed by atoms with Crippen LogP contribution in [0.3, 0.4) is 0 Å². The number of nitrogens with one attached hydrogen (secondary N) is 1. The summed E-state index contributed by atoms with van der Waals surface area (Å²) in [6.07, 6.45) is 6.81. The van der Waals surface area contributed by atoms with Gasteiger partial charge in [-0.05, 0) is 18.4 Å². The quantitative estimate of drug-likeness (QED) is 0.705. The van der Waals surface area contributed by atoms with Crippen LogP contribution in [-0.2, 0) is 4.79 Å². The maximum absolute atomic E-state index is 12.5. The van der Waals surface area contributed by atoms with Gasteiger partial charge in [-0.2, -0.15) is 0 Å². The summed E-state index contributed by atoms with van der Waals surface area (Å²) in [6.45, 7) is 2.39. The van der Waals surface area contributed by atoms with E-state index >= 15 is 0 Å². The number of carbonyl (C=O) groups is 1. The van der Waals surface area contributed by atoms with Crippen molar-refractivity contribution in [3.05, 3.63) is 42.0 Å². The number of hydrogen-bond acceptors (Lipinski definition) is 5. The second-order valence-corrected chi connectivity index (χ2v) is 7.75. The smallest absolute Gasteiger partial charge is 0.224 e. The molecule has 0 saturated carbocycles. The molecule has 140 valence electrons. The number of rotatable bonds is 5. The van der Waals surface area contributed by atoms with Gasteiger partial charge in [0.1, 0.15) is 17.0 Å². The number of hydrogen-bond donors (Lipinski definition) is 1. The summed E-state index contributed by atoms with van der Waals surface area (Å²) in [6, 6.07) is 10.3. The van der Waals surface area contributed by atoms with Crippen LogP contribution in [-0.4, -0.2) is 40.4 Å². The SMILES string of the molecule is O=C(CCNc1ncnc2scc(-c3ccccc3)c12)N1CCCCCC1. The molecule has 0 unspecified atom stereocenters. The van der Waals surface area contributed by atoms with Crippen molar-refractivity contribution in [2.24, 2.45) is 0 Å². The van der Waals surface area contributed by atoms with Crippen molar-refractivity contribution in [2.75, 3.05) is 25.0 Å². The molecule has 1 N–H and O–H groups in total. The zero-order valence-electron chi connectivity index (χ0n) is 15.4. The van der Waals surface area contributed by atoms with Crippen molar-refractivity contribution < 1.29 is 4.79 Å². The number of anilines is 1. The molecule has 1 aliphatic heterocycles. The third kappa shape index (κ3) is 4.11. The molecule has 1 saturated heterocycles. The number of amides is 1. The van der Waals surface area contributed by atoms with Crippen LogP contribution >= 0.6 is 11.3 Å². The zero-order valence-corrected chi connectivity index (χ0v) is 16.2. The lowest BCUT2D eigenvalue weighted by atomic mass is 10.1. The molecule has 0 spiro atoms. The Labute approximate surface area is 163 Å². The number of benzene rings is 1. The maximum atomic E-state index is 12.5. The molecule has 2 aromatic heterocycles. The minimum absolute atomic E-state index is 0.239. The molecule has 6 heteroatoms.